The fraction of sp³-hybridized carbons (Fsp3) is 0.136. The molecule has 0 amide bonds. The van der Waals surface area contributed by atoms with E-state index in [4.69, 9.17) is 0 Å². The number of allylic oxidation sites excluding steroid dienone is 1. The number of para-hydroxylation sites is 1. The smallest absolute Gasteiger partial charge is 0.178 e. The number of hydrogen-bond donors (Lipinski definition) is 0. The fourth-order valence-corrected chi connectivity index (χ4v) is 3.51. The largest absolute Gasteiger partial charge is 0.341 e. The van der Waals surface area contributed by atoms with Crippen LogP contribution in [0.5, 0.6) is 0 Å². The third-order valence-corrected chi connectivity index (χ3v) is 4.69. The molecule has 0 radical (unpaired) electrons. The molecule has 0 bridgehead atoms. The lowest BCUT2D eigenvalue weighted by Crippen LogP contribution is -2.17. The van der Waals surface area contributed by atoms with Crippen molar-refractivity contribution < 1.29 is 0 Å². The zero-order valence-corrected chi connectivity index (χ0v) is 15.0. The number of amidine groups is 1. The number of benzene rings is 2. The minimum Gasteiger partial charge on any atom is -0.341 e. The third-order valence-electron chi connectivity index (χ3n) is 4.69. The molecule has 0 atom stereocenters. The van der Waals surface area contributed by atoms with Crippen molar-refractivity contribution in [2.24, 2.45) is 15.0 Å². The standard InChI is InChI=1S/C22H20N4/c1-4-24-22-19(23-3)13-12-18(25-22)15-10-11-17-16-8-6-7-9-20(16)26(5-2)21(17)14-15/h4,6-14H,1,5H2,2-3H3. The molecule has 4 rings (SSSR count). The number of aromatic nitrogens is 1. The van der Waals surface area contributed by atoms with Crippen molar-refractivity contribution in [3.63, 3.8) is 0 Å². The third kappa shape index (κ3) is 2.51. The maximum Gasteiger partial charge on any atom is 0.178 e. The summed E-state index contributed by atoms with van der Waals surface area (Å²) >= 11 is 0. The zero-order valence-electron chi connectivity index (χ0n) is 15.0. The van der Waals surface area contributed by atoms with Gasteiger partial charge in [0.25, 0.3) is 0 Å². The summed E-state index contributed by atoms with van der Waals surface area (Å²) in [6.07, 6.45) is 5.44. The average molecular weight is 340 g/mol. The summed E-state index contributed by atoms with van der Waals surface area (Å²) in [5.74, 6) is 0.594. The van der Waals surface area contributed by atoms with Crippen LogP contribution in [0.4, 0.5) is 0 Å². The van der Waals surface area contributed by atoms with Crippen LogP contribution in [0.3, 0.4) is 0 Å². The first-order chi connectivity index (χ1) is 12.8. The number of dihydropyridines is 1. The molecule has 26 heavy (non-hydrogen) atoms. The SMILES string of the molecule is C=CN=C1N=C(c2ccc3c4ccccc4n(CC)c3c2)C=CC1=NC. The lowest BCUT2D eigenvalue weighted by Gasteiger charge is -2.10. The number of aliphatic imine (C=N–C) groups is 3. The van der Waals surface area contributed by atoms with Crippen molar-refractivity contribution in [3.8, 4) is 0 Å². The van der Waals surface area contributed by atoms with Crippen LogP contribution in [0.15, 0.2) is 82.4 Å². The Bertz CT molecular complexity index is 1140. The molecule has 0 N–H and O–H groups in total. The van der Waals surface area contributed by atoms with Gasteiger partial charge in [0.15, 0.2) is 5.84 Å². The second kappa shape index (κ2) is 6.56. The molecule has 128 valence electrons. The fourth-order valence-electron chi connectivity index (χ4n) is 3.51. The predicted molar refractivity (Wildman–Crippen MR) is 112 cm³/mol. The molecule has 0 fully saturated rings. The van der Waals surface area contributed by atoms with Crippen LogP contribution in [0, 0.1) is 0 Å². The summed E-state index contributed by atoms with van der Waals surface area (Å²) in [5, 5.41) is 2.55. The highest BCUT2D eigenvalue weighted by Crippen LogP contribution is 2.30. The maximum absolute atomic E-state index is 4.68. The summed E-state index contributed by atoms with van der Waals surface area (Å²) < 4.78 is 2.35. The van der Waals surface area contributed by atoms with Crippen LogP contribution in [-0.2, 0) is 6.54 Å². The molecule has 2 aromatic carbocycles. The Labute approximate surface area is 152 Å². The topological polar surface area (TPSA) is 42.0 Å². The Morgan fingerprint density at radius 3 is 2.65 bits per heavy atom. The van der Waals surface area contributed by atoms with E-state index in [1.165, 1.54) is 28.0 Å². The van der Waals surface area contributed by atoms with Crippen LogP contribution in [0.25, 0.3) is 21.8 Å². The lowest BCUT2D eigenvalue weighted by molar-refractivity contribution is 0.827. The van der Waals surface area contributed by atoms with Crippen LogP contribution < -0.4 is 0 Å². The molecule has 0 aliphatic carbocycles. The van der Waals surface area contributed by atoms with Gasteiger partial charge in [-0.15, -0.1) is 0 Å². The number of fused-ring (bicyclic) bond motifs is 3. The Balaban J connectivity index is 1.91. The zero-order chi connectivity index (χ0) is 18.1. The molecule has 4 heteroatoms. The summed E-state index contributed by atoms with van der Waals surface area (Å²) in [4.78, 5) is 13.1. The normalized spacial score (nSPS) is 17.4. The van der Waals surface area contributed by atoms with Gasteiger partial charge >= 0.3 is 0 Å². The van der Waals surface area contributed by atoms with Gasteiger partial charge in [0.05, 0.1) is 5.71 Å². The number of rotatable bonds is 3. The van der Waals surface area contributed by atoms with E-state index in [2.05, 4.69) is 75.5 Å². The molecule has 4 nitrogen and oxygen atoms in total. The van der Waals surface area contributed by atoms with Crippen molar-refractivity contribution >= 4 is 39.1 Å². The molecule has 2 heterocycles. The predicted octanol–water partition coefficient (Wildman–Crippen LogP) is 4.79. The van der Waals surface area contributed by atoms with Gasteiger partial charge in [0.2, 0.25) is 0 Å². The van der Waals surface area contributed by atoms with Gasteiger partial charge in [-0.1, -0.05) is 36.9 Å². The van der Waals surface area contributed by atoms with Gasteiger partial charge in [0, 0.05) is 47.2 Å². The highest BCUT2D eigenvalue weighted by Gasteiger charge is 2.15. The van der Waals surface area contributed by atoms with Crippen molar-refractivity contribution in [3.05, 3.63) is 73.0 Å². The first-order valence-corrected chi connectivity index (χ1v) is 8.70. The van der Waals surface area contributed by atoms with E-state index < -0.39 is 0 Å². The second-order valence-corrected chi connectivity index (χ2v) is 6.07. The highest BCUT2D eigenvalue weighted by atomic mass is 15.0. The van der Waals surface area contributed by atoms with Crippen molar-refractivity contribution in [1.29, 1.82) is 0 Å². The minimum absolute atomic E-state index is 0.594. The lowest BCUT2D eigenvalue weighted by atomic mass is 10.0. The Kier molecular flexibility index (Phi) is 4.09. The van der Waals surface area contributed by atoms with E-state index in [0.29, 0.717) is 5.84 Å². The number of nitrogens with zero attached hydrogens (tertiary/aromatic N) is 4. The second-order valence-electron chi connectivity index (χ2n) is 6.07. The van der Waals surface area contributed by atoms with E-state index >= 15 is 0 Å². The Morgan fingerprint density at radius 2 is 1.88 bits per heavy atom. The summed E-state index contributed by atoms with van der Waals surface area (Å²) in [7, 11) is 1.74. The molecule has 0 saturated heterocycles. The van der Waals surface area contributed by atoms with E-state index in [9.17, 15) is 0 Å². The van der Waals surface area contributed by atoms with E-state index in [1.54, 1.807) is 7.05 Å². The van der Waals surface area contributed by atoms with Gasteiger partial charge < -0.3 is 4.57 Å². The van der Waals surface area contributed by atoms with E-state index in [0.717, 1.165) is 23.5 Å². The van der Waals surface area contributed by atoms with Gasteiger partial charge in [-0.25, -0.2) is 9.98 Å². The van der Waals surface area contributed by atoms with Crippen LogP contribution >= 0.6 is 0 Å². The molecular formula is C22H20N4. The molecule has 3 aromatic rings. The van der Waals surface area contributed by atoms with E-state index in [1.807, 2.05) is 12.2 Å². The summed E-state index contributed by atoms with van der Waals surface area (Å²) in [6, 6.07) is 15.1. The summed E-state index contributed by atoms with van der Waals surface area (Å²) in [6.45, 7) is 6.77. The summed E-state index contributed by atoms with van der Waals surface area (Å²) in [5.41, 5.74) is 5.19. The average Bonchev–Trinajstić information content (AvgIpc) is 3.01. The van der Waals surface area contributed by atoms with Crippen LogP contribution in [0.2, 0.25) is 0 Å². The van der Waals surface area contributed by atoms with Crippen LogP contribution in [0.1, 0.15) is 12.5 Å². The number of aryl methyl sites for hydroxylation is 1. The van der Waals surface area contributed by atoms with Crippen molar-refractivity contribution in [1.82, 2.24) is 4.57 Å². The van der Waals surface area contributed by atoms with E-state index in [-0.39, 0.29) is 0 Å². The van der Waals surface area contributed by atoms with Crippen molar-refractivity contribution in [2.45, 2.75) is 13.5 Å². The molecule has 0 spiro atoms. The molecule has 1 aliphatic heterocycles. The van der Waals surface area contributed by atoms with Gasteiger partial charge in [0.1, 0.15) is 5.71 Å². The molecular weight excluding hydrogens is 320 g/mol. The monoisotopic (exact) mass is 340 g/mol. The van der Waals surface area contributed by atoms with Crippen molar-refractivity contribution in [2.75, 3.05) is 7.05 Å². The van der Waals surface area contributed by atoms with Crippen LogP contribution in [-0.4, -0.2) is 28.9 Å². The minimum atomic E-state index is 0.594. The number of hydrogen-bond acceptors (Lipinski definition) is 2. The maximum atomic E-state index is 4.68. The Morgan fingerprint density at radius 1 is 1.08 bits per heavy atom. The quantitative estimate of drug-likeness (QED) is 0.658. The molecule has 1 aromatic heterocycles. The Hall–Kier alpha value is -3.27. The highest BCUT2D eigenvalue weighted by molar-refractivity contribution is 6.50. The van der Waals surface area contributed by atoms with Gasteiger partial charge in [-0.2, -0.15) is 0 Å². The molecule has 1 aliphatic rings. The molecule has 0 saturated carbocycles. The molecule has 0 unspecified atom stereocenters. The van der Waals surface area contributed by atoms with Gasteiger partial charge in [-0.3, -0.25) is 4.99 Å². The first-order valence-electron chi connectivity index (χ1n) is 8.70. The van der Waals surface area contributed by atoms with Gasteiger partial charge in [-0.05, 0) is 31.2 Å². The first kappa shape index (κ1) is 16.2.